The van der Waals surface area contributed by atoms with Crippen molar-refractivity contribution in [2.45, 2.75) is 13.0 Å². The molecule has 0 saturated carbocycles. The Morgan fingerprint density at radius 1 is 1.04 bits per heavy atom. The smallest absolute Gasteiger partial charge is 0.191 e. The zero-order valence-electron chi connectivity index (χ0n) is 14.9. The second-order valence-corrected chi connectivity index (χ2v) is 5.83. The predicted molar refractivity (Wildman–Crippen MR) is 115 cm³/mol. The standard InChI is InChI=1S/C20H20F2N4.HI/c1-23-20(26-13-16-12-17(21)7-8-18(16)22)25-11-9-15-5-2-4-14-6-3-10-24-19(14)15;/h2-8,10,12H,9,11,13H2,1H3,(H2,23,25,26);1H. The van der Waals surface area contributed by atoms with E-state index >= 15 is 0 Å². The number of benzene rings is 2. The number of hydrogen-bond donors (Lipinski definition) is 2. The SMILES string of the molecule is CN=C(NCCc1cccc2cccnc12)NCc1cc(F)ccc1F.I. The topological polar surface area (TPSA) is 49.3 Å². The highest BCUT2D eigenvalue weighted by Crippen LogP contribution is 2.16. The zero-order chi connectivity index (χ0) is 18.4. The molecule has 2 aromatic carbocycles. The van der Waals surface area contributed by atoms with Crippen molar-refractivity contribution < 1.29 is 8.78 Å². The maximum absolute atomic E-state index is 13.7. The van der Waals surface area contributed by atoms with Crippen molar-refractivity contribution >= 4 is 40.8 Å². The summed E-state index contributed by atoms with van der Waals surface area (Å²) in [5.41, 5.74) is 2.38. The molecular formula is C20H21F2IN4. The van der Waals surface area contributed by atoms with E-state index in [1.54, 1.807) is 13.2 Å². The van der Waals surface area contributed by atoms with E-state index in [1.165, 1.54) is 6.07 Å². The third-order valence-corrected chi connectivity index (χ3v) is 4.08. The van der Waals surface area contributed by atoms with Gasteiger partial charge in [0.15, 0.2) is 5.96 Å². The normalized spacial score (nSPS) is 11.1. The highest BCUT2D eigenvalue weighted by molar-refractivity contribution is 14.0. The molecule has 142 valence electrons. The van der Waals surface area contributed by atoms with Gasteiger partial charge in [-0.2, -0.15) is 0 Å². The van der Waals surface area contributed by atoms with Gasteiger partial charge in [0.2, 0.25) is 0 Å². The molecule has 0 radical (unpaired) electrons. The number of halogens is 3. The summed E-state index contributed by atoms with van der Waals surface area (Å²) >= 11 is 0. The summed E-state index contributed by atoms with van der Waals surface area (Å²) in [7, 11) is 1.64. The maximum atomic E-state index is 13.7. The van der Waals surface area contributed by atoms with Gasteiger partial charge in [-0.25, -0.2) is 8.78 Å². The summed E-state index contributed by atoms with van der Waals surface area (Å²) in [6.45, 7) is 0.792. The second-order valence-electron chi connectivity index (χ2n) is 5.83. The zero-order valence-corrected chi connectivity index (χ0v) is 17.2. The Kier molecular flexibility index (Phi) is 7.90. The Morgan fingerprint density at radius 2 is 1.85 bits per heavy atom. The maximum Gasteiger partial charge on any atom is 0.191 e. The fraction of sp³-hybridized carbons (Fsp3) is 0.200. The summed E-state index contributed by atoms with van der Waals surface area (Å²) in [5, 5.41) is 7.28. The average molecular weight is 482 g/mol. The number of guanidine groups is 1. The first-order valence-electron chi connectivity index (χ1n) is 8.38. The number of fused-ring (bicyclic) bond motifs is 1. The number of hydrogen-bond acceptors (Lipinski definition) is 2. The van der Waals surface area contributed by atoms with Crippen LogP contribution in [0.4, 0.5) is 8.78 Å². The number of rotatable bonds is 5. The Morgan fingerprint density at radius 3 is 2.67 bits per heavy atom. The quantitative estimate of drug-likeness (QED) is 0.328. The summed E-state index contributed by atoms with van der Waals surface area (Å²) in [4.78, 5) is 8.55. The first kappa shape index (κ1) is 21.0. The number of aromatic nitrogens is 1. The third-order valence-electron chi connectivity index (χ3n) is 4.08. The van der Waals surface area contributed by atoms with Crippen molar-refractivity contribution in [3.63, 3.8) is 0 Å². The molecule has 4 nitrogen and oxygen atoms in total. The number of nitrogens with zero attached hydrogens (tertiary/aromatic N) is 2. The van der Waals surface area contributed by atoms with Crippen LogP contribution in [0.25, 0.3) is 10.9 Å². The van der Waals surface area contributed by atoms with E-state index < -0.39 is 11.6 Å². The molecule has 0 aliphatic carbocycles. The van der Waals surface area contributed by atoms with Crippen LogP contribution in [-0.2, 0) is 13.0 Å². The lowest BCUT2D eigenvalue weighted by atomic mass is 10.1. The van der Waals surface area contributed by atoms with Crippen molar-refractivity contribution in [2.24, 2.45) is 4.99 Å². The Labute approximate surface area is 174 Å². The molecule has 0 aliphatic heterocycles. The molecule has 0 atom stereocenters. The van der Waals surface area contributed by atoms with Gasteiger partial charge in [-0.15, -0.1) is 24.0 Å². The van der Waals surface area contributed by atoms with Crippen LogP contribution in [0.15, 0.2) is 59.7 Å². The van der Waals surface area contributed by atoms with Crippen molar-refractivity contribution in [1.29, 1.82) is 0 Å². The molecule has 0 bridgehead atoms. The van der Waals surface area contributed by atoms with Gasteiger partial charge < -0.3 is 10.6 Å². The largest absolute Gasteiger partial charge is 0.356 e. The highest BCUT2D eigenvalue weighted by atomic mass is 127. The van der Waals surface area contributed by atoms with E-state index in [1.807, 2.05) is 24.3 Å². The van der Waals surface area contributed by atoms with Gasteiger partial charge >= 0.3 is 0 Å². The lowest BCUT2D eigenvalue weighted by Crippen LogP contribution is -2.38. The number of nitrogens with one attached hydrogen (secondary N) is 2. The molecule has 0 unspecified atom stereocenters. The van der Waals surface area contributed by atoms with E-state index in [4.69, 9.17) is 0 Å². The molecule has 0 aliphatic rings. The second kappa shape index (κ2) is 10.1. The van der Waals surface area contributed by atoms with Gasteiger partial charge in [-0.3, -0.25) is 9.98 Å². The first-order valence-corrected chi connectivity index (χ1v) is 8.38. The van der Waals surface area contributed by atoms with Crippen molar-refractivity contribution in [3.8, 4) is 0 Å². The lowest BCUT2D eigenvalue weighted by molar-refractivity contribution is 0.581. The molecule has 2 N–H and O–H groups in total. The summed E-state index contributed by atoms with van der Waals surface area (Å²) in [6.07, 6.45) is 2.55. The van der Waals surface area contributed by atoms with Crippen LogP contribution in [0.2, 0.25) is 0 Å². The van der Waals surface area contributed by atoms with E-state index in [0.717, 1.165) is 35.0 Å². The summed E-state index contributed by atoms with van der Waals surface area (Å²) in [5.74, 6) is -0.382. The van der Waals surface area contributed by atoms with Gasteiger partial charge in [-0.1, -0.05) is 24.3 Å². The Balaban J connectivity index is 0.00000261. The van der Waals surface area contributed by atoms with Crippen LogP contribution < -0.4 is 10.6 Å². The summed E-state index contributed by atoms with van der Waals surface area (Å²) in [6, 6.07) is 13.5. The molecule has 0 amide bonds. The third kappa shape index (κ3) is 5.59. The molecule has 0 spiro atoms. The molecule has 1 heterocycles. The monoisotopic (exact) mass is 482 g/mol. The van der Waals surface area contributed by atoms with E-state index in [2.05, 4.69) is 26.7 Å². The van der Waals surface area contributed by atoms with E-state index in [0.29, 0.717) is 12.5 Å². The van der Waals surface area contributed by atoms with Crippen molar-refractivity contribution in [2.75, 3.05) is 13.6 Å². The van der Waals surface area contributed by atoms with Crippen molar-refractivity contribution in [3.05, 3.63) is 77.5 Å². The number of pyridine rings is 1. The van der Waals surface area contributed by atoms with Crippen LogP contribution in [0.1, 0.15) is 11.1 Å². The van der Waals surface area contributed by atoms with Crippen LogP contribution in [-0.4, -0.2) is 24.5 Å². The number of aliphatic imine (C=N–C) groups is 1. The molecule has 0 fully saturated rings. The minimum absolute atomic E-state index is 0. The molecule has 1 aromatic heterocycles. The predicted octanol–water partition coefficient (Wildman–Crippen LogP) is 4.04. The van der Waals surface area contributed by atoms with Crippen LogP contribution in [0, 0.1) is 11.6 Å². The molecular weight excluding hydrogens is 461 g/mol. The van der Waals surface area contributed by atoms with Gasteiger partial charge in [0.05, 0.1) is 5.52 Å². The summed E-state index contributed by atoms with van der Waals surface area (Å²) < 4.78 is 26.9. The first-order chi connectivity index (χ1) is 12.7. The average Bonchev–Trinajstić information content (AvgIpc) is 2.67. The highest BCUT2D eigenvalue weighted by Gasteiger charge is 2.06. The van der Waals surface area contributed by atoms with E-state index in [9.17, 15) is 8.78 Å². The van der Waals surface area contributed by atoms with Crippen LogP contribution in [0.5, 0.6) is 0 Å². The van der Waals surface area contributed by atoms with Gasteiger partial charge in [0.25, 0.3) is 0 Å². The van der Waals surface area contributed by atoms with Gasteiger partial charge in [-0.05, 0) is 36.2 Å². The minimum atomic E-state index is -0.463. The van der Waals surface area contributed by atoms with Gasteiger partial charge in [0.1, 0.15) is 11.6 Å². The molecule has 3 rings (SSSR count). The minimum Gasteiger partial charge on any atom is -0.356 e. The van der Waals surface area contributed by atoms with Crippen LogP contribution in [0.3, 0.4) is 0 Å². The number of para-hydroxylation sites is 1. The Hall–Kier alpha value is -2.29. The molecule has 7 heteroatoms. The Bertz CT molecular complexity index is 926. The molecule has 3 aromatic rings. The van der Waals surface area contributed by atoms with E-state index in [-0.39, 0.29) is 36.1 Å². The van der Waals surface area contributed by atoms with Gasteiger partial charge in [0, 0.05) is 37.3 Å². The van der Waals surface area contributed by atoms with Crippen molar-refractivity contribution in [1.82, 2.24) is 15.6 Å². The fourth-order valence-electron chi connectivity index (χ4n) is 2.76. The van der Waals surface area contributed by atoms with Crippen LogP contribution >= 0.6 is 24.0 Å². The molecule has 27 heavy (non-hydrogen) atoms. The lowest BCUT2D eigenvalue weighted by Gasteiger charge is -2.13. The molecule has 0 saturated heterocycles. The fourth-order valence-corrected chi connectivity index (χ4v) is 2.76.